The topological polar surface area (TPSA) is 43.4 Å². The number of rotatable bonds is 4. The average Bonchev–Trinajstić information content (AvgIpc) is 2.63. The molecular formula is C20H24N2O4. The molecule has 26 heavy (non-hydrogen) atoms. The van der Waals surface area contributed by atoms with E-state index in [2.05, 4.69) is 0 Å². The van der Waals surface area contributed by atoms with E-state index in [0.29, 0.717) is 13.2 Å². The van der Waals surface area contributed by atoms with E-state index in [-0.39, 0.29) is 0 Å². The minimum atomic E-state index is -1.12. The molecule has 0 aromatic heterocycles. The van der Waals surface area contributed by atoms with Gasteiger partial charge >= 0.3 is 0 Å². The Kier molecular flexibility index (Phi) is 4.16. The molecule has 4 rings (SSSR count). The van der Waals surface area contributed by atoms with Crippen molar-refractivity contribution in [1.29, 1.82) is 0 Å². The summed E-state index contributed by atoms with van der Waals surface area (Å²) in [6.45, 7) is 0.870. The largest absolute Gasteiger partial charge is 0.378 e. The van der Waals surface area contributed by atoms with Gasteiger partial charge in [-0.2, -0.15) is 9.78 Å². The molecule has 2 aromatic carbocycles. The van der Waals surface area contributed by atoms with Crippen molar-refractivity contribution in [3.63, 3.8) is 0 Å². The molecule has 0 spiro atoms. The second-order valence-electron chi connectivity index (χ2n) is 6.99. The average molecular weight is 356 g/mol. The highest BCUT2D eigenvalue weighted by Crippen LogP contribution is 2.58. The Morgan fingerprint density at radius 2 is 1.12 bits per heavy atom. The van der Waals surface area contributed by atoms with E-state index in [9.17, 15) is 0 Å². The van der Waals surface area contributed by atoms with Gasteiger partial charge in [0.1, 0.15) is 0 Å². The SMILES string of the molecule is CN(C)c1cccc(C23OCCOC2(c2cccc(N(C)C)c2)OO3)c1. The molecule has 0 amide bonds. The van der Waals surface area contributed by atoms with E-state index in [1.54, 1.807) is 0 Å². The van der Waals surface area contributed by atoms with Crippen LogP contribution < -0.4 is 9.80 Å². The number of hydrogen-bond acceptors (Lipinski definition) is 6. The van der Waals surface area contributed by atoms with Crippen LogP contribution in [0.1, 0.15) is 11.1 Å². The van der Waals surface area contributed by atoms with E-state index in [1.165, 1.54) is 0 Å². The molecule has 6 heteroatoms. The lowest BCUT2D eigenvalue weighted by atomic mass is 9.87. The molecule has 2 aliphatic heterocycles. The van der Waals surface area contributed by atoms with Gasteiger partial charge in [0.05, 0.1) is 13.2 Å². The van der Waals surface area contributed by atoms with E-state index in [4.69, 9.17) is 19.2 Å². The lowest BCUT2D eigenvalue weighted by Crippen LogP contribution is -2.67. The minimum Gasteiger partial charge on any atom is -0.378 e. The molecule has 6 nitrogen and oxygen atoms in total. The van der Waals surface area contributed by atoms with Crippen molar-refractivity contribution in [2.45, 2.75) is 11.6 Å². The van der Waals surface area contributed by atoms with Crippen molar-refractivity contribution >= 4 is 11.4 Å². The molecule has 0 aliphatic carbocycles. The molecule has 0 bridgehead atoms. The molecule has 2 atom stereocenters. The standard InChI is InChI=1S/C20H24N2O4/c1-21(2)17-9-5-7-15(13-17)19-20(26-25-19,24-12-11-23-19)16-8-6-10-18(14-16)22(3)4/h5-10,13-14H,11-12H2,1-4H3. The van der Waals surface area contributed by atoms with Crippen LogP contribution in [-0.2, 0) is 30.8 Å². The number of ether oxygens (including phenoxy) is 2. The van der Waals surface area contributed by atoms with Crippen LogP contribution in [0.2, 0.25) is 0 Å². The summed E-state index contributed by atoms with van der Waals surface area (Å²) < 4.78 is 12.3. The van der Waals surface area contributed by atoms with Crippen LogP contribution in [-0.4, -0.2) is 41.4 Å². The van der Waals surface area contributed by atoms with Gasteiger partial charge in [-0.3, -0.25) is 0 Å². The van der Waals surface area contributed by atoms with Gasteiger partial charge in [-0.25, -0.2) is 0 Å². The van der Waals surface area contributed by atoms with Crippen LogP contribution in [0.15, 0.2) is 48.5 Å². The van der Waals surface area contributed by atoms with Crippen LogP contribution in [0, 0.1) is 0 Å². The highest BCUT2D eigenvalue weighted by molar-refractivity contribution is 5.52. The van der Waals surface area contributed by atoms with Gasteiger partial charge in [0.15, 0.2) is 0 Å². The Bertz CT molecular complexity index is 742. The maximum Gasteiger partial charge on any atom is 0.290 e. The van der Waals surface area contributed by atoms with Gasteiger partial charge in [-0.1, -0.05) is 24.3 Å². The fraction of sp³-hybridized carbons (Fsp3) is 0.400. The van der Waals surface area contributed by atoms with Crippen molar-refractivity contribution in [1.82, 2.24) is 0 Å². The molecule has 0 saturated carbocycles. The van der Waals surface area contributed by atoms with Gasteiger partial charge in [-0.15, -0.1) is 0 Å². The van der Waals surface area contributed by atoms with Gasteiger partial charge in [-0.05, 0) is 24.3 Å². The van der Waals surface area contributed by atoms with Crippen molar-refractivity contribution in [3.8, 4) is 0 Å². The minimum absolute atomic E-state index is 0.435. The molecule has 0 radical (unpaired) electrons. The zero-order valence-electron chi connectivity index (χ0n) is 15.6. The first kappa shape index (κ1) is 17.3. The van der Waals surface area contributed by atoms with E-state index in [0.717, 1.165) is 22.5 Å². The smallest absolute Gasteiger partial charge is 0.290 e. The lowest BCUT2D eigenvalue weighted by Gasteiger charge is -2.56. The second kappa shape index (κ2) is 6.25. The van der Waals surface area contributed by atoms with Crippen LogP contribution in [0.3, 0.4) is 0 Å². The summed E-state index contributed by atoms with van der Waals surface area (Å²) in [5.74, 6) is -2.25. The molecule has 138 valence electrons. The normalized spacial score (nSPS) is 27.4. The first-order valence-corrected chi connectivity index (χ1v) is 8.69. The lowest BCUT2D eigenvalue weighted by molar-refractivity contribution is -0.693. The van der Waals surface area contributed by atoms with Crippen LogP contribution >= 0.6 is 0 Å². The predicted octanol–water partition coefficient (Wildman–Crippen LogP) is 2.83. The molecule has 2 aliphatic rings. The van der Waals surface area contributed by atoms with Gasteiger partial charge in [0.2, 0.25) is 0 Å². The first-order valence-electron chi connectivity index (χ1n) is 8.69. The third-order valence-electron chi connectivity index (χ3n) is 4.89. The molecule has 2 saturated heterocycles. The summed E-state index contributed by atoms with van der Waals surface area (Å²) >= 11 is 0. The molecule has 2 heterocycles. The molecule has 2 unspecified atom stereocenters. The number of anilines is 2. The van der Waals surface area contributed by atoms with Crippen LogP contribution in [0.5, 0.6) is 0 Å². The Balaban J connectivity index is 1.82. The first-order chi connectivity index (χ1) is 12.5. The monoisotopic (exact) mass is 356 g/mol. The summed E-state index contributed by atoms with van der Waals surface area (Å²) in [6.07, 6.45) is 0. The van der Waals surface area contributed by atoms with Crippen molar-refractivity contribution < 1.29 is 19.2 Å². The number of fused-ring (bicyclic) bond motifs is 1. The van der Waals surface area contributed by atoms with E-state index < -0.39 is 11.6 Å². The van der Waals surface area contributed by atoms with Crippen LogP contribution in [0.4, 0.5) is 11.4 Å². The van der Waals surface area contributed by atoms with E-state index >= 15 is 0 Å². The Morgan fingerprint density at radius 3 is 1.46 bits per heavy atom. The summed E-state index contributed by atoms with van der Waals surface area (Å²) in [6, 6.07) is 16.1. The fourth-order valence-electron chi connectivity index (χ4n) is 3.42. The fourth-order valence-corrected chi connectivity index (χ4v) is 3.42. The molecule has 2 fully saturated rings. The second-order valence-corrected chi connectivity index (χ2v) is 6.99. The number of hydrogen-bond donors (Lipinski definition) is 0. The van der Waals surface area contributed by atoms with Crippen molar-refractivity contribution in [3.05, 3.63) is 59.7 Å². The van der Waals surface area contributed by atoms with E-state index in [1.807, 2.05) is 86.5 Å². The van der Waals surface area contributed by atoms with Crippen molar-refractivity contribution in [2.75, 3.05) is 51.2 Å². The Labute approximate surface area is 153 Å². The highest BCUT2D eigenvalue weighted by Gasteiger charge is 2.71. The quantitative estimate of drug-likeness (QED) is 0.785. The zero-order chi connectivity index (χ0) is 18.4. The third kappa shape index (κ3) is 2.41. The third-order valence-corrected chi connectivity index (χ3v) is 4.89. The molecule has 2 aromatic rings. The summed E-state index contributed by atoms with van der Waals surface area (Å²) in [7, 11) is 8.00. The van der Waals surface area contributed by atoms with Gasteiger partial charge in [0.25, 0.3) is 11.6 Å². The Hall–Kier alpha value is -2.12. The van der Waals surface area contributed by atoms with Gasteiger partial charge < -0.3 is 19.3 Å². The maximum absolute atomic E-state index is 6.14. The Morgan fingerprint density at radius 1 is 0.692 bits per heavy atom. The zero-order valence-corrected chi connectivity index (χ0v) is 15.6. The van der Waals surface area contributed by atoms with Gasteiger partial charge in [0, 0.05) is 50.7 Å². The molecule has 0 N–H and O–H groups in total. The predicted molar refractivity (Wildman–Crippen MR) is 99.0 cm³/mol. The van der Waals surface area contributed by atoms with Crippen molar-refractivity contribution in [2.24, 2.45) is 0 Å². The number of nitrogens with zero attached hydrogens (tertiary/aromatic N) is 2. The summed E-state index contributed by atoms with van der Waals surface area (Å²) in [5, 5.41) is 0. The highest BCUT2D eigenvalue weighted by atomic mass is 17.3. The van der Waals surface area contributed by atoms with Crippen LogP contribution in [0.25, 0.3) is 0 Å². The molecular weight excluding hydrogens is 332 g/mol. The summed E-state index contributed by atoms with van der Waals surface area (Å²) in [5.41, 5.74) is 3.84. The number of benzene rings is 2. The maximum atomic E-state index is 6.14. The summed E-state index contributed by atoms with van der Waals surface area (Å²) in [4.78, 5) is 15.3.